The molecule has 2 aliphatic heterocycles. The number of hydrogen-bond donors (Lipinski definition) is 0. The fourth-order valence-electron chi connectivity index (χ4n) is 4.99. The third kappa shape index (κ3) is 7.16. The Bertz CT molecular complexity index is 942. The maximum Gasteiger partial charge on any atom is 0.248 e. The van der Waals surface area contributed by atoms with E-state index in [1.807, 2.05) is 7.05 Å². The summed E-state index contributed by atoms with van der Waals surface area (Å²) in [6.07, 6.45) is 3.59. The number of sulfonamides is 1. The van der Waals surface area contributed by atoms with Crippen LogP contribution in [0.1, 0.15) is 30.4 Å². The van der Waals surface area contributed by atoms with E-state index < -0.39 is 10.0 Å². The van der Waals surface area contributed by atoms with Crippen LogP contribution in [0.2, 0.25) is 0 Å². The molecule has 0 aliphatic carbocycles. The van der Waals surface area contributed by atoms with Crippen molar-refractivity contribution in [1.82, 2.24) is 19.0 Å². The Kier molecular flexibility index (Phi) is 9.94. The van der Waals surface area contributed by atoms with Crippen LogP contribution in [0.5, 0.6) is 5.75 Å². The van der Waals surface area contributed by atoms with Gasteiger partial charge in [-0.15, -0.1) is 0 Å². The van der Waals surface area contributed by atoms with Gasteiger partial charge in [0.05, 0.1) is 18.6 Å². The second kappa shape index (κ2) is 12.5. The maximum absolute atomic E-state index is 13.1. The van der Waals surface area contributed by atoms with Crippen LogP contribution in [0.15, 0.2) is 17.0 Å². The Hall–Kier alpha value is -1.72. The molecule has 2 saturated heterocycles. The molecule has 0 aromatic heterocycles. The Labute approximate surface area is 211 Å². The number of methoxy groups -OCH3 is 1. The lowest BCUT2D eigenvalue weighted by Gasteiger charge is -2.26. The van der Waals surface area contributed by atoms with Crippen LogP contribution in [0.25, 0.3) is 0 Å². The quantitative estimate of drug-likeness (QED) is 0.395. The molecule has 10 heteroatoms. The second-order valence-electron chi connectivity index (χ2n) is 9.77. The Morgan fingerprint density at radius 2 is 1.69 bits per heavy atom. The van der Waals surface area contributed by atoms with Crippen LogP contribution in [-0.4, -0.2) is 120 Å². The zero-order chi connectivity index (χ0) is 25.6. The van der Waals surface area contributed by atoms with E-state index >= 15 is 0 Å². The first-order chi connectivity index (χ1) is 16.6. The smallest absolute Gasteiger partial charge is 0.248 e. The largest absolute Gasteiger partial charge is 0.497 e. The third-order valence-corrected chi connectivity index (χ3v) is 9.40. The highest BCUT2D eigenvalue weighted by Crippen LogP contribution is 2.27. The monoisotopic (exact) mass is 510 g/mol. The molecular formula is C25H42N4O5S. The van der Waals surface area contributed by atoms with E-state index in [0.29, 0.717) is 16.9 Å². The minimum atomic E-state index is -3.68. The molecule has 1 amide bonds. The van der Waals surface area contributed by atoms with Crippen molar-refractivity contribution in [3.63, 3.8) is 0 Å². The number of likely N-dealkylation sites (N-methyl/N-ethyl adjacent to an activating group) is 2. The van der Waals surface area contributed by atoms with Crippen LogP contribution in [0.4, 0.5) is 0 Å². The van der Waals surface area contributed by atoms with Crippen molar-refractivity contribution in [2.24, 2.45) is 0 Å². The summed E-state index contributed by atoms with van der Waals surface area (Å²) >= 11 is 0. The molecule has 2 aliphatic rings. The van der Waals surface area contributed by atoms with Gasteiger partial charge in [-0.25, -0.2) is 8.42 Å². The summed E-state index contributed by atoms with van der Waals surface area (Å²) in [5, 5.41) is 0. The summed E-state index contributed by atoms with van der Waals surface area (Å²) in [5.41, 5.74) is 1.27. The molecular weight excluding hydrogens is 468 g/mol. The van der Waals surface area contributed by atoms with E-state index in [9.17, 15) is 13.2 Å². The van der Waals surface area contributed by atoms with Gasteiger partial charge in [-0.2, -0.15) is 4.31 Å². The summed E-state index contributed by atoms with van der Waals surface area (Å²) in [6.45, 7) is 10.3. The van der Waals surface area contributed by atoms with E-state index in [1.165, 1.54) is 37.3 Å². The summed E-state index contributed by atoms with van der Waals surface area (Å²) < 4.78 is 38.3. The molecule has 0 unspecified atom stereocenters. The second-order valence-corrected chi connectivity index (χ2v) is 11.7. The fraction of sp³-hybridized carbons (Fsp3) is 0.720. The molecule has 1 aromatic rings. The third-order valence-electron chi connectivity index (χ3n) is 7.23. The Morgan fingerprint density at radius 1 is 1.06 bits per heavy atom. The van der Waals surface area contributed by atoms with Crippen molar-refractivity contribution in [2.75, 3.05) is 80.2 Å². The van der Waals surface area contributed by atoms with Gasteiger partial charge in [-0.3, -0.25) is 9.69 Å². The minimum absolute atomic E-state index is 0.0464. The number of amides is 1. The number of ether oxygens (including phenoxy) is 2. The molecule has 9 nitrogen and oxygen atoms in total. The number of rotatable bonds is 12. The van der Waals surface area contributed by atoms with Gasteiger partial charge in [-0.1, -0.05) is 0 Å². The highest BCUT2D eigenvalue weighted by Gasteiger charge is 2.29. The van der Waals surface area contributed by atoms with Crippen molar-refractivity contribution < 1.29 is 22.7 Å². The Balaban J connectivity index is 1.41. The van der Waals surface area contributed by atoms with Gasteiger partial charge in [0.25, 0.3) is 0 Å². The predicted octanol–water partition coefficient (Wildman–Crippen LogP) is 1.58. The summed E-state index contributed by atoms with van der Waals surface area (Å²) in [4.78, 5) is 19.7. The number of likely N-dealkylation sites (tertiary alicyclic amines) is 2. The summed E-state index contributed by atoms with van der Waals surface area (Å²) in [7, 11) is 1.25. The maximum atomic E-state index is 13.1. The van der Waals surface area contributed by atoms with Gasteiger partial charge >= 0.3 is 0 Å². The van der Waals surface area contributed by atoms with Crippen molar-refractivity contribution in [1.29, 1.82) is 0 Å². The number of carbonyl (C=O) groups excluding carboxylic acids is 1. The van der Waals surface area contributed by atoms with Gasteiger partial charge in [0.1, 0.15) is 12.4 Å². The van der Waals surface area contributed by atoms with Crippen LogP contribution in [-0.2, 0) is 19.6 Å². The van der Waals surface area contributed by atoms with Crippen LogP contribution in [0, 0.1) is 13.8 Å². The average molecular weight is 511 g/mol. The van der Waals surface area contributed by atoms with Crippen molar-refractivity contribution in [3.05, 3.63) is 23.3 Å². The van der Waals surface area contributed by atoms with Gasteiger partial charge in [0, 0.05) is 52.9 Å². The normalized spacial score (nSPS) is 19.5. The molecule has 0 radical (unpaired) electrons. The van der Waals surface area contributed by atoms with E-state index in [-0.39, 0.29) is 36.6 Å². The summed E-state index contributed by atoms with van der Waals surface area (Å²) in [6, 6.07) is 3.64. The molecule has 35 heavy (non-hydrogen) atoms. The fourth-order valence-corrected chi connectivity index (χ4v) is 6.55. The highest BCUT2D eigenvalue weighted by molar-refractivity contribution is 7.89. The lowest BCUT2D eigenvalue weighted by molar-refractivity contribution is -0.136. The average Bonchev–Trinajstić information content (AvgIpc) is 3.51. The van der Waals surface area contributed by atoms with Gasteiger partial charge in [0.15, 0.2) is 0 Å². The van der Waals surface area contributed by atoms with E-state index in [2.05, 4.69) is 9.80 Å². The molecule has 0 saturated carbocycles. The zero-order valence-electron chi connectivity index (χ0n) is 22.0. The predicted molar refractivity (Wildman–Crippen MR) is 136 cm³/mol. The topological polar surface area (TPSA) is 82.6 Å². The molecule has 0 spiro atoms. The first kappa shape index (κ1) is 27.9. The SMILES string of the molecule is COc1cc(C)c(S(=O)(=O)N(C)CCOCC(=O)N(C)[C@@H]2CCN(CCN3CCCC3)C2)c(C)c1. The van der Waals surface area contributed by atoms with Crippen LogP contribution >= 0.6 is 0 Å². The molecule has 3 rings (SSSR count). The number of hydrogen-bond acceptors (Lipinski definition) is 7. The first-order valence-corrected chi connectivity index (χ1v) is 14.0. The van der Waals surface area contributed by atoms with Crippen LogP contribution in [0.3, 0.4) is 0 Å². The number of benzene rings is 1. The van der Waals surface area contributed by atoms with Crippen molar-refractivity contribution >= 4 is 15.9 Å². The lowest BCUT2D eigenvalue weighted by Crippen LogP contribution is -2.42. The van der Waals surface area contributed by atoms with Gasteiger partial charge in [-0.05, 0) is 69.5 Å². The van der Waals surface area contributed by atoms with Gasteiger partial charge in [0.2, 0.25) is 15.9 Å². The molecule has 0 bridgehead atoms. The van der Waals surface area contributed by atoms with Crippen molar-refractivity contribution in [3.8, 4) is 5.75 Å². The molecule has 1 atom stereocenters. The van der Waals surface area contributed by atoms with Crippen LogP contribution < -0.4 is 4.74 Å². The number of nitrogens with zero attached hydrogens (tertiary/aromatic N) is 4. The van der Waals surface area contributed by atoms with Crippen molar-refractivity contribution in [2.45, 2.75) is 44.0 Å². The number of aryl methyl sites for hydroxylation is 2. The molecule has 2 heterocycles. The standard InChI is InChI=1S/C25H42N4O5S/c1-20-16-23(33-5)17-21(2)25(20)35(31,32)26(3)14-15-34-19-24(30)27(4)22-8-11-29(18-22)13-12-28-9-6-7-10-28/h16-17,22H,6-15,18-19H2,1-5H3/t22-/m1/s1. The van der Waals surface area contributed by atoms with E-state index in [0.717, 1.165) is 32.6 Å². The van der Waals surface area contributed by atoms with E-state index in [1.54, 1.807) is 38.0 Å². The molecule has 0 N–H and O–H groups in total. The first-order valence-electron chi connectivity index (χ1n) is 12.5. The summed E-state index contributed by atoms with van der Waals surface area (Å²) in [5.74, 6) is 0.563. The molecule has 198 valence electrons. The number of carbonyl (C=O) groups is 1. The molecule has 1 aromatic carbocycles. The zero-order valence-corrected chi connectivity index (χ0v) is 22.8. The van der Waals surface area contributed by atoms with E-state index in [4.69, 9.17) is 9.47 Å². The minimum Gasteiger partial charge on any atom is -0.497 e. The Morgan fingerprint density at radius 3 is 2.31 bits per heavy atom. The lowest BCUT2D eigenvalue weighted by atomic mass is 10.1. The highest BCUT2D eigenvalue weighted by atomic mass is 32.2. The van der Waals surface area contributed by atoms with Gasteiger partial charge < -0.3 is 19.3 Å². The molecule has 2 fully saturated rings.